The SMILES string of the molecule is CCNC(CC)c1ccn(CC(=O)N(CC)CC)c1. The second-order valence-corrected chi connectivity index (χ2v) is 4.70. The molecule has 0 saturated heterocycles. The molecule has 1 rings (SSSR count). The van der Waals surface area contributed by atoms with E-state index in [1.165, 1.54) is 5.56 Å². The highest BCUT2D eigenvalue weighted by Gasteiger charge is 2.12. The molecule has 0 saturated carbocycles. The summed E-state index contributed by atoms with van der Waals surface area (Å²) in [6, 6.07) is 2.49. The summed E-state index contributed by atoms with van der Waals surface area (Å²) in [5, 5.41) is 3.45. The van der Waals surface area contributed by atoms with Crippen LogP contribution in [0.1, 0.15) is 45.7 Å². The summed E-state index contributed by atoms with van der Waals surface area (Å²) in [6.45, 7) is 11.3. The molecule has 0 aliphatic rings. The van der Waals surface area contributed by atoms with Crippen molar-refractivity contribution in [2.24, 2.45) is 0 Å². The first kappa shape index (κ1) is 15.8. The fourth-order valence-corrected chi connectivity index (χ4v) is 2.34. The van der Waals surface area contributed by atoms with E-state index < -0.39 is 0 Å². The molecule has 0 aliphatic carbocycles. The van der Waals surface area contributed by atoms with Gasteiger partial charge >= 0.3 is 0 Å². The van der Waals surface area contributed by atoms with Gasteiger partial charge in [0.05, 0.1) is 0 Å². The second-order valence-electron chi connectivity index (χ2n) is 4.70. The van der Waals surface area contributed by atoms with Gasteiger partial charge in [-0.15, -0.1) is 0 Å². The number of hydrogen-bond donors (Lipinski definition) is 1. The number of carbonyl (C=O) groups is 1. The molecule has 1 atom stereocenters. The highest BCUT2D eigenvalue weighted by molar-refractivity contribution is 5.75. The predicted octanol–water partition coefficient (Wildman–Crippen LogP) is 2.42. The maximum atomic E-state index is 12.0. The van der Waals surface area contributed by atoms with Crippen molar-refractivity contribution in [3.05, 3.63) is 24.0 Å². The molecule has 0 spiro atoms. The summed E-state index contributed by atoms with van der Waals surface area (Å²) in [5.41, 5.74) is 1.26. The Morgan fingerprint density at radius 1 is 1.32 bits per heavy atom. The number of likely N-dealkylation sites (N-methyl/N-ethyl adjacent to an activating group) is 1. The van der Waals surface area contributed by atoms with Crippen molar-refractivity contribution in [2.45, 2.75) is 46.7 Å². The molecule has 0 radical (unpaired) electrons. The molecule has 19 heavy (non-hydrogen) atoms. The zero-order valence-electron chi connectivity index (χ0n) is 12.6. The minimum absolute atomic E-state index is 0.184. The van der Waals surface area contributed by atoms with Crippen molar-refractivity contribution in [3.8, 4) is 0 Å². The van der Waals surface area contributed by atoms with Gasteiger partial charge in [-0.25, -0.2) is 0 Å². The quantitative estimate of drug-likeness (QED) is 0.784. The molecule has 4 heteroatoms. The van der Waals surface area contributed by atoms with E-state index in [1.54, 1.807) is 0 Å². The third-order valence-corrected chi connectivity index (χ3v) is 3.47. The molecule has 108 valence electrons. The normalized spacial score (nSPS) is 12.4. The first-order valence-corrected chi connectivity index (χ1v) is 7.32. The lowest BCUT2D eigenvalue weighted by Crippen LogP contribution is -2.33. The van der Waals surface area contributed by atoms with E-state index in [4.69, 9.17) is 0 Å². The lowest BCUT2D eigenvalue weighted by atomic mass is 10.1. The van der Waals surface area contributed by atoms with Crippen molar-refractivity contribution < 1.29 is 4.79 Å². The van der Waals surface area contributed by atoms with E-state index in [0.29, 0.717) is 12.6 Å². The standard InChI is InChI=1S/C15H27N3O/c1-5-14(16-6-2)13-9-10-17(11-13)12-15(19)18(7-3)8-4/h9-11,14,16H,5-8,12H2,1-4H3. The van der Waals surface area contributed by atoms with Gasteiger partial charge in [-0.05, 0) is 38.4 Å². The molecular weight excluding hydrogens is 238 g/mol. The molecule has 1 unspecified atom stereocenters. The van der Waals surface area contributed by atoms with Crippen molar-refractivity contribution >= 4 is 5.91 Å². The van der Waals surface area contributed by atoms with Gasteiger partial charge in [-0.3, -0.25) is 4.79 Å². The Morgan fingerprint density at radius 2 is 2.00 bits per heavy atom. The van der Waals surface area contributed by atoms with Gasteiger partial charge in [0.25, 0.3) is 0 Å². The monoisotopic (exact) mass is 265 g/mol. The first-order chi connectivity index (χ1) is 9.15. The number of rotatable bonds is 8. The summed E-state index contributed by atoms with van der Waals surface area (Å²) in [6.07, 6.45) is 5.14. The molecule has 0 aromatic carbocycles. The number of carbonyl (C=O) groups excluding carboxylic acids is 1. The maximum Gasteiger partial charge on any atom is 0.242 e. The molecule has 1 aromatic heterocycles. The predicted molar refractivity (Wildman–Crippen MR) is 79.1 cm³/mol. The van der Waals surface area contributed by atoms with E-state index in [9.17, 15) is 4.79 Å². The average molecular weight is 265 g/mol. The molecule has 1 heterocycles. The Labute approximate surface area is 116 Å². The van der Waals surface area contributed by atoms with Crippen LogP contribution in [-0.4, -0.2) is 35.0 Å². The summed E-state index contributed by atoms with van der Waals surface area (Å²) in [5.74, 6) is 0.184. The second kappa shape index (κ2) is 8.00. The van der Waals surface area contributed by atoms with Crippen molar-refractivity contribution in [1.82, 2.24) is 14.8 Å². The van der Waals surface area contributed by atoms with Crippen LogP contribution in [0.25, 0.3) is 0 Å². The third kappa shape index (κ3) is 4.39. The summed E-state index contributed by atoms with van der Waals surface area (Å²) in [7, 11) is 0. The smallest absolute Gasteiger partial charge is 0.242 e. The molecule has 1 N–H and O–H groups in total. The van der Waals surface area contributed by atoms with Crippen LogP contribution in [0.3, 0.4) is 0 Å². The van der Waals surface area contributed by atoms with E-state index >= 15 is 0 Å². The third-order valence-electron chi connectivity index (χ3n) is 3.47. The zero-order valence-corrected chi connectivity index (χ0v) is 12.6. The van der Waals surface area contributed by atoms with Crippen molar-refractivity contribution in [2.75, 3.05) is 19.6 Å². The van der Waals surface area contributed by atoms with Gasteiger partial charge < -0.3 is 14.8 Å². The average Bonchev–Trinajstić information content (AvgIpc) is 2.85. The van der Waals surface area contributed by atoms with Gasteiger partial charge in [0, 0.05) is 31.5 Å². The Bertz CT molecular complexity index is 382. The molecular formula is C15H27N3O. The molecule has 1 amide bonds. The van der Waals surface area contributed by atoms with Crippen LogP contribution in [0.4, 0.5) is 0 Å². The summed E-state index contributed by atoms with van der Waals surface area (Å²) >= 11 is 0. The largest absolute Gasteiger partial charge is 0.345 e. The Kier molecular flexibility index (Phi) is 6.64. The van der Waals surface area contributed by atoms with E-state index in [-0.39, 0.29) is 5.91 Å². The van der Waals surface area contributed by atoms with Gasteiger partial charge in [0.15, 0.2) is 0 Å². The Morgan fingerprint density at radius 3 is 2.53 bits per heavy atom. The molecule has 0 fully saturated rings. The molecule has 0 aliphatic heterocycles. The van der Waals surface area contributed by atoms with Gasteiger partial charge in [0.1, 0.15) is 6.54 Å². The van der Waals surface area contributed by atoms with Crippen LogP contribution in [0.15, 0.2) is 18.5 Å². The lowest BCUT2D eigenvalue weighted by molar-refractivity contribution is -0.131. The Balaban J connectivity index is 2.66. The zero-order chi connectivity index (χ0) is 14.3. The topological polar surface area (TPSA) is 37.3 Å². The number of nitrogens with one attached hydrogen (secondary N) is 1. The molecule has 0 bridgehead atoms. The van der Waals surface area contributed by atoms with Crippen LogP contribution in [0.5, 0.6) is 0 Å². The van der Waals surface area contributed by atoms with Gasteiger partial charge in [-0.1, -0.05) is 13.8 Å². The maximum absolute atomic E-state index is 12.0. The minimum atomic E-state index is 0.184. The van der Waals surface area contributed by atoms with E-state index in [1.807, 2.05) is 29.5 Å². The number of amides is 1. The van der Waals surface area contributed by atoms with Crippen LogP contribution < -0.4 is 5.32 Å². The lowest BCUT2D eigenvalue weighted by Gasteiger charge is -2.19. The molecule has 4 nitrogen and oxygen atoms in total. The van der Waals surface area contributed by atoms with Crippen LogP contribution in [-0.2, 0) is 11.3 Å². The van der Waals surface area contributed by atoms with Gasteiger partial charge in [0.2, 0.25) is 5.91 Å². The first-order valence-electron chi connectivity index (χ1n) is 7.32. The van der Waals surface area contributed by atoms with Crippen LogP contribution >= 0.6 is 0 Å². The highest BCUT2D eigenvalue weighted by atomic mass is 16.2. The van der Waals surface area contributed by atoms with E-state index in [2.05, 4.69) is 31.4 Å². The number of nitrogens with zero attached hydrogens (tertiary/aromatic N) is 2. The highest BCUT2D eigenvalue weighted by Crippen LogP contribution is 2.16. The number of aromatic nitrogens is 1. The summed E-state index contributed by atoms with van der Waals surface area (Å²) < 4.78 is 1.98. The van der Waals surface area contributed by atoms with Crippen molar-refractivity contribution in [3.63, 3.8) is 0 Å². The fourth-order valence-electron chi connectivity index (χ4n) is 2.34. The van der Waals surface area contributed by atoms with Crippen LogP contribution in [0, 0.1) is 0 Å². The minimum Gasteiger partial charge on any atom is -0.345 e. The number of hydrogen-bond acceptors (Lipinski definition) is 2. The summed E-state index contributed by atoms with van der Waals surface area (Å²) in [4.78, 5) is 13.9. The van der Waals surface area contributed by atoms with Crippen molar-refractivity contribution in [1.29, 1.82) is 0 Å². The van der Waals surface area contributed by atoms with E-state index in [0.717, 1.165) is 26.1 Å². The fraction of sp³-hybridized carbons (Fsp3) is 0.667. The Hall–Kier alpha value is -1.29. The molecule has 1 aromatic rings. The van der Waals surface area contributed by atoms with Crippen LogP contribution in [0.2, 0.25) is 0 Å². The van der Waals surface area contributed by atoms with Gasteiger partial charge in [-0.2, -0.15) is 0 Å².